The molecule has 0 radical (unpaired) electrons. The van der Waals surface area contributed by atoms with Crippen molar-refractivity contribution in [1.29, 1.82) is 0 Å². The summed E-state index contributed by atoms with van der Waals surface area (Å²) in [7, 11) is -12.4. The number of carbonyl (C=O) groups excluding carboxylic acids is 4. The van der Waals surface area contributed by atoms with Crippen LogP contribution in [0.3, 0.4) is 0 Å². The van der Waals surface area contributed by atoms with Crippen LogP contribution in [0, 0.1) is 0 Å². The number of likely N-dealkylation sites (tertiary alicyclic amines) is 1. The Kier molecular flexibility index (Phi) is 4.74. The highest BCUT2D eigenvalue weighted by atomic mass is 32.3. The Morgan fingerprint density at radius 3 is 1.76 bits per heavy atom. The van der Waals surface area contributed by atoms with Crippen LogP contribution in [0.15, 0.2) is 0 Å². The number of carboxylic acids is 2. The fourth-order valence-corrected chi connectivity index (χ4v) is 4.31. The normalized spacial score (nSPS) is 21.7. The van der Waals surface area contributed by atoms with E-state index < -0.39 is 71.2 Å². The van der Waals surface area contributed by atoms with Crippen molar-refractivity contribution in [2.75, 3.05) is 0 Å². The van der Waals surface area contributed by atoms with Crippen LogP contribution < -0.4 is 10.2 Å². The average Bonchev–Trinajstić information content (AvgIpc) is 2.68. The highest BCUT2D eigenvalue weighted by molar-refractivity contribution is 8.06. The molecule has 25 heavy (non-hydrogen) atoms. The van der Waals surface area contributed by atoms with E-state index in [-0.39, 0.29) is 0 Å². The second-order valence-electron chi connectivity index (χ2n) is 4.65. The third-order valence-corrected chi connectivity index (χ3v) is 6.81. The maximum absolute atomic E-state index is 12.1. The maximum atomic E-state index is 12.1. The average molecular weight is 405 g/mol. The predicted molar refractivity (Wildman–Crippen MR) is 63.3 cm³/mol. The number of hydrogen-bond acceptors (Lipinski definition) is 12. The summed E-state index contributed by atoms with van der Waals surface area (Å²) in [5.74, 6) is -10.8. The number of rotatable bonds is 6. The van der Waals surface area contributed by atoms with Crippen molar-refractivity contribution in [2.24, 2.45) is 0 Å². The van der Waals surface area contributed by atoms with Gasteiger partial charge in [0.25, 0.3) is 26.1 Å². The molecule has 2 atom stereocenters. The molecule has 4 N–H and O–H groups in total. The van der Waals surface area contributed by atoms with Crippen molar-refractivity contribution < 1.29 is 65.5 Å². The number of nitrogens with zero attached hydrogens (tertiary/aromatic N) is 1. The number of aliphatic hydroxyl groups excluding tert-OH is 1. The Morgan fingerprint density at radius 1 is 1.12 bits per heavy atom. The zero-order chi connectivity index (χ0) is 20.2. The van der Waals surface area contributed by atoms with Crippen LogP contribution in [0.4, 0.5) is 0 Å². The van der Waals surface area contributed by atoms with Gasteiger partial charge in [-0.3, -0.25) is 18.7 Å². The minimum absolute atomic E-state index is 1.19. The summed E-state index contributed by atoms with van der Waals surface area (Å²) in [5, 5.41) is 40.5. The van der Waals surface area contributed by atoms with E-state index in [1.807, 2.05) is 0 Å². The molecule has 0 aromatic rings. The first-order chi connectivity index (χ1) is 11.0. The Labute approximate surface area is 137 Å². The molecule has 1 fully saturated rings. The van der Waals surface area contributed by atoms with Crippen LogP contribution >= 0.6 is 0 Å². The van der Waals surface area contributed by atoms with Crippen molar-refractivity contribution >= 4 is 44.0 Å². The van der Waals surface area contributed by atoms with Crippen molar-refractivity contribution in [3.63, 3.8) is 0 Å². The van der Waals surface area contributed by atoms with Gasteiger partial charge in [0.05, 0.1) is 18.4 Å². The molecule has 15 nitrogen and oxygen atoms in total. The van der Waals surface area contributed by atoms with Crippen LogP contribution in [0.2, 0.25) is 0 Å². The van der Waals surface area contributed by atoms with Gasteiger partial charge < -0.3 is 30.0 Å². The minimum atomic E-state index is -6.19. The van der Waals surface area contributed by atoms with Crippen molar-refractivity contribution in [1.82, 2.24) is 4.90 Å². The molecule has 2 unspecified atom stereocenters. The lowest BCUT2D eigenvalue weighted by molar-refractivity contribution is -0.354. The third kappa shape index (κ3) is 2.65. The van der Waals surface area contributed by atoms with Gasteiger partial charge in [0, 0.05) is 0 Å². The standard InChI is InChI=1S/C8H9NO14S2/c10-2-1-7(24(18,19)20,25(21,22)23)5(14)9(2)8(17,6(15)16)3(11)4(12)13/h3,11,17H,1H2,(H,12,13)(H,15,16)(H,18,19,20)(H,21,22,23)/p-2. The summed E-state index contributed by atoms with van der Waals surface area (Å²) in [4.78, 5) is 44.2. The van der Waals surface area contributed by atoms with Crippen molar-refractivity contribution in [2.45, 2.75) is 22.3 Å². The SMILES string of the molecule is O=C([O-])C(O)C(O)(C(=O)[O-])N1C(=O)CC(S(=O)(=O)O)(S(=O)(=O)O)C1=O. The van der Waals surface area contributed by atoms with E-state index in [0.29, 0.717) is 0 Å². The Bertz CT molecular complexity index is 839. The molecule has 0 saturated carbocycles. The monoisotopic (exact) mass is 405 g/mol. The van der Waals surface area contributed by atoms with E-state index in [9.17, 15) is 56.4 Å². The molecule has 1 saturated heterocycles. The van der Waals surface area contributed by atoms with E-state index in [0.717, 1.165) is 0 Å². The molecule has 1 aliphatic rings. The van der Waals surface area contributed by atoms with Crippen LogP contribution in [0.25, 0.3) is 0 Å². The predicted octanol–water partition coefficient (Wildman–Crippen LogP) is -7.23. The number of carbonyl (C=O) groups is 4. The van der Waals surface area contributed by atoms with Gasteiger partial charge in [-0.15, -0.1) is 0 Å². The number of aliphatic hydroxyl groups is 2. The molecule has 0 aliphatic carbocycles. The summed E-state index contributed by atoms with van der Waals surface area (Å²) in [6.45, 7) is 0. The summed E-state index contributed by atoms with van der Waals surface area (Å²) in [5.41, 5.74) is -4.52. The van der Waals surface area contributed by atoms with Crippen LogP contribution in [-0.4, -0.2) is 80.7 Å². The largest absolute Gasteiger partial charge is 0.547 e. The minimum Gasteiger partial charge on any atom is -0.547 e. The summed E-state index contributed by atoms with van der Waals surface area (Å²) in [6.07, 6.45) is -5.76. The molecule has 0 bridgehead atoms. The molecule has 1 aliphatic heterocycles. The maximum Gasteiger partial charge on any atom is 0.308 e. The first kappa shape index (κ1) is 20.9. The van der Waals surface area contributed by atoms with Crippen molar-refractivity contribution in [3.05, 3.63) is 0 Å². The van der Waals surface area contributed by atoms with Gasteiger partial charge in [0.15, 0.2) is 0 Å². The summed E-state index contributed by atoms with van der Waals surface area (Å²) >= 11 is 0. The van der Waals surface area contributed by atoms with Gasteiger partial charge in [-0.2, -0.15) is 16.8 Å². The molecule has 0 aromatic heterocycles. The van der Waals surface area contributed by atoms with Crippen LogP contribution in [-0.2, 0) is 39.4 Å². The van der Waals surface area contributed by atoms with E-state index in [1.165, 1.54) is 0 Å². The lowest BCUT2D eigenvalue weighted by Crippen LogP contribution is -2.72. The van der Waals surface area contributed by atoms with Gasteiger partial charge in [0.2, 0.25) is 11.6 Å². The number of aliphatic carboxylic acids is 2. The van der Waals surface area contributed by atoms with Gasteiger partial charge >= 0.3 is 4.08 Å². The molecule has 1 heterocycles. The fourth-order valence-electron chi connectivity index (χ4n) is 2.01. The van der Waals surface area contributed by atoms with E-state index in [1.54, 1.807) is 0 Å². The summed E-state index contributed by atoms with van der Waals surface area (Å²) < 4.78 is 58.7. The second kappa shape index (κ2) is 5.68. The Balaban J connectivity index is 3.83. The van der Waals surface area contributed by atoms with E-state index >= 15 is 0 Å². The molecule has 0 aromatic carbocycles. The molecule has 142 valence electrons. The number of carboxylic acid groups (broad SMARTS) is 2. The number of imide groups is 1. The lowest BCUT2D eigenvalue weighted by Gasteiger charge is -2.40. The molecule has 1 rings (SSSR count). The van der Waals surface area contributed by atoms with Gasteiger partial charge in [0.1, 0.15) is 6.10 Å². The molecular formula is C8H7NO14S2-2. The van der Waals surface area contributed by atoms with Crippen LogP contribution in [0.1, 0.15) is 6.42 Å². The van der Waals surface area contributed by atoms with Gasteiger partial charge in [-0.1, -0.05) is 0 Å². The van der Waals surface area contributed by atoms with E-state index in [2.05, 4.69) is 0 Å². The van der Waals surface area contributed by atoms with E-state index in [4.69, 9.17) is 9.11 Å². The Hall–Kier alpha value is -2.18. The topological polar surface area (TPSA) is 267 Å². The third-order valence-electron chi connectivity index (χ3n) is 3.24. The smallest absolute Gasteiger partial charge is 0.308 e. The highest BCUT2D eigenvalue weighted by Crippen LogP contribution is 2.39. The molecule has 0 spiro atoms. The van der Waals surface area contributed by atoms with Crippen molar-refractivity contribution in [3.8, 4) is 0 Å². The van der Waals surface area contributed by atoms with Crippen LogP contribution in [0.5, 0.6) is 0 Å². The number of hydrogen-bond donors (Lipinski definition) is 4. The zero-order valence-corrected chi connectivity index (χ0v) is 13.1. The molecular weight excluding hydrogens is 398 g/mol. The molecule has 2 amide bonds. The zero-order valence-electron chi connectivity index (χ0n) is 11.4. The highest BCUT2D eigenvalue weighted by Gasteiger charge is 2.72. The van der Waals surface area contributed by atoms with Gasteiger partial charge in [-0.25, -0.2) is 4.90 Å². The first-order valence-corrected chi connectivity index (χ1v) is 8.48. The second-order valence-corrected chi connectivity index (χ2v) is 8.20. The fraction of sp³-hybridized carbons (Fsp3) is 0.500. The van der Waals surface area contributed by atoms with Gasteiger partial charge in [-0.05, 0) is 0 Å². The first-order valence-electron chi connectivity index (χ1n) is 5.60. The lowest BCUT2D eigenvalue weighted by atomic mass is 10.1. The number of amides is 2. The Morgan fingerprint density at radius 2 is 1.52 bits per heavy atom. The molecule has 17 heteroatoms. The summed E-state index contributed by atoms with van der Waals surface area (Å²) in [6, 6.07) is 0. The quantitative estimate of drug-likeness (QED) is 0.236.